The van der Waals surface area contributed by atoms with Crippen molar-refractivity contribution in [1.82, 2.24) is 0 Å². The van der Waals surface area contributed by atoms with E-state index >= 15 is 0 Å². The largest absolute Gasteiger partial charge is 0.455 e. The first kappa shape index (κ1) is 21.3. The molecule has 0 saturated heterocycles. The Bertz CT molecular complexity index is 1120. The van der Waals surface area contributed by atoms with E-state index in [2.05, 4.69) is 5.32 Å². The Balaban J connectivity index is 1.85. The van der Waals surface area contributed by atoms with Crippen LogP contribution in [0, 0.1) is 5.82 Å². The minimum atomic E-state index is -3.81. The summed E-state index contributed by atoms with van der Waals surface area (Å²) in [6.07, 6.45) is 0.993. The Morgan fingerprint density at radius 2 is 1.57 bits per heavy atom. The van der Waals surface area contributed by atoms with E-state index in [0.717, 1.165) is 22.7 Å². The molecule has 0 aromatic heterocycles. The average molecular weight is 428 g/mol. The summed E-state index contributed by atoms with van der Waals surface area (Å²) in [5, 5.41) is 2.72. The normalized spacial score (nSPS) is 12.1. The van der Waals surface area contributed by atoms with Crippen LogP contribution in [0.5, 0.6) is 11.5 Å². The zero-order valence-electron chi connectivity index (χ0n) is 16.4. The second-order valence-electron chi connectivity index (χ2n) is 6.61. The number of anilines is 2. The van der Waals surface area contributed by atoms with Gasteiger partial charge in [-0.1, -0.05) is 30.3 Å². The zero-order valence-corrected chi connectivity index (χ0v) is 17.3. The maximum atomic E-state index is 13.3. The number of rotatable bonds is 7. The van der Waals surface area contributed by atoms with Crippen molar-refractivity contribution >= 4 is 27.3 Å². The van der Waals surface area contributed by atoms with Gasteiger partial charge in [-0.15, -0.1) is 0 Å². The topological polar surface area (TPSA) is 75.7 Å². The molecule has 0 heterocycles. The molecule has 0 aliphatic carbocycles. The van der Waals surface area contributed by atoms with Crippen molar-refractivity contribution in [3.8, 4) is 11.5 Å². The lowest BCUT2D eigenvalue weighted by molar-refractivity contribution is -0.116. The van der Waals surface area contributed by atoms with E-state index in [0.29, 0.717) is 17.2 Å². The van der Waals surface area contributed by atoms with E-state index in [4.69, 9.17) is 4.74 Å². The SMILES string of the molecule is C[C@@H](C(=O)Nc1ccccc1Oc1ccccc1)N(c1ccc(F)cc1)S(C)(=O)=O. The Kier molecular flexibility index (Phi) is 6.37. The molecule has 6 nitrogen and oxygen atoms in total. The number of nitrogens with zero attached hydrogens (tertiary/aromatic N) is 1. The van der Waals surface area contributed by atoms with Crippen molar-refractivity contribution in [3.63, 3.8) is 0 Å². The van der Waals surface area contributed by atoms with Gasteiger partial charge in [-0.05, 0) is 55.5 Å². The smallest absolute Gasteiger partial charge is 0.248 e. The van der Waals surface area contributed by atoms with Crippen LogP contribution in [0.1, 0.15) is 6.92 Å². The lowest BCUT2D eigenvalue weighted by atomic mass is 10.2. The number of para-hydroxylation sites is 3. The van der Waals surface area contributed by atoms with Crippen LogP contribution >= 0.6 is 0 Å². The molecule has 1 amide bonds. The van der Waals surface area contributed by atoms with Gasteiger partial charge in [0.15, 0.2) is 5.75 Å². The molecule has 8 heteroatoms. The van der Waals surface area contributed by atoms with Crippen LogP contribution in [-0.4, -0.2) is 26.6 Å². The summed E-state index contributed by atoms with van der Waals surface area (Å²) in [4.78, 5) is 12.9. The van der Waals surface area contributed by atoms with E-state index in [1.165, 1.54) is 19.1 Å². The monoisotopic (exact) mass is 428 g/mol. The lowest BCUT2D eigenvalue weighted by Gasteiger charge is -2.28. The third-order valence-corrected chi connectivity index (χ3v) is 5.53. The molecule has 0 radical (unpaired) electrons. The van der Waals surface area contributed by atoms with Crippen molar-refractivity contribution in [2.24, 2.45) is 0 Å². The number of nitrogens with one attached hydrogen (secondary N) is 1. The van der Waals surface area contributed by atoms with Crippen molar-refractivity contribution in [2.45, 2.75) is 13.0 Å². The number of halogens is 1. The summed E-state index contributed by atoms with van der Waals surface area (Å²) in [6.45, 7) is 1.46. The van der Waals surface area contributed by atoms with Gasteiger partial charge in [0.1, 0.15) is 17.6 Å². The van der Waals surface area contributed by atoms with Crippen LogP contribution < -0.4 is 14.4 Å². The third-order valence-electron chi connectivity index (χ3n) is 4.29. The van der Waals surface area contributed by atoms with Crippen LogP contribution in [-0.2, 0) is 14.8 Å². The second-order valence-corrected chi connectivity index (χ2v) is 8.47. The molecule has 0 bridgehead atoms. The number of hydrogen-bond donors (Lipinski definition) is 1. The van der Waals surface area contributed by atoms with Crippen LogP contribution in [0.3, 0.4) is 0 Å². The van der Waals surface area contributed by atoms with Crippen LogP contribution in [0.2, 0.25) is 0 Å². The Morgan fingerprint density at radius 3 is 2.20 bits per heavy atom. The predicted molar refractivity (Wildman–Crippen MR) is 115 cm³/mol. The molecule has 0 spiro atoms. The van der Waals surface area contributed by atoms with Crippen LogP contribution in [0.25, 0.3) is 0 Å². The van der Waals surface area contributed by atoms with Gasteiger partial charge in [-0.25, -0.2) is 12.8 Å². The first-order chi connectivity index (χ1) is 14.3. The summed E-state index contributed by atoms with van der Waals surface area (Å²) in [5.41, 5.74) is 0.584. The minimum Gasteiger partial charge on any atom is -0.455 e. The number of carbonyl (C=O) groups excluding carboxylic acids is 1. The Labute approximate surface area is 175 Å². The standard InChI is InChI=1S/C22H21FN2O4S/c1-16(25(30(2,27)28)18-14-12-17(23)13-15-18)22(26)24-20-10-6-7-11-21(20)29-19-8-4-3-5-9-19/h3-16H,1-2H3,(H,24,26)/t16-/m0/s1. The second kappa shape index (κ2) is 8.96. The molecule has 0 aliphatic rings. The fourth-order valence-electron chi connectivity index (χ4n) is 2.91. The van der Waals surface area contributed by atoms with Crippen molar-refractivity contribution < 1.29 is 22.3 Å². The highest BCUT2D eigenvalue weighted by atomic mass is 32.2. The molecule has 1 N–H and O–H groups in total. The predicted octanol–water partition coefficient (Wildman–Crippen LogP) is 4.41. The molecule has 0 unspecified atom stereocenters. The lowest BCUT2D eigenvalue weighted by Crippen LogP contribution is -2.45. The van der Waals surface area contributed by atoms with E-state index < -0.39 is 27.8 Å². The summed E-state index contributed by atoms with van der Waals surface area (Å²) >= 11 is 0. The molecule has 3 rings (SSSR count). The number of benzene rings is 3. The first-order valence-corrected chi connectivity index (χ1v) is 11.0. The van der Waals surface area contributed by atoms with Gasteiger partial charge in [0.05, 0.1) is 17.6 Å². The van der Waals surface area contributed by atoms with E-state index in [1.54, 1.807) is 36.4 Å². The molecule has 1 atom stereocenters. The van der Waals surface area contributed by atoms with Gasteiger partial charge in [0.2, 0.25) is 15.9 Å². The minimum absolute atomic E-state index is 0.190. The molecule has 3 aromatic rings. The molecule has 3 aromatic carbocycles. The van der Waals surface area contributed by atoms with Gasteiger partial charge in [0, 0.05) is 0 Å². The number of amides is 1. The van der Waals surface area contributed by atoms with Gasteiger partial charge in [0.25, 0.3) is 0 Å². The highest BCUT2D eigenvalue weighted by Crippen LogP contribution is 2.30. The average Bonchev–Trinajstić information content (AvgIpc) is 2.71. The molecule has 156 valence electrons. The molecule has 0 fully saturated rings. The van der Waals surface area contributed by atoms with Crippen molar-refractivity contribution in [1.29, 1.82) is 0 Å². The zero-order chi connectivity index (χ0) is 21.7. The van der Waals surface area contributed by atoms with Gasteiger partial charge in [-0.3, -0.25) is 9.10 Å². The molecular formula is C22H21FN2O4S. The summed E-state index contributed by atoms with van der Waals surface area (Å²) in [7, 11) is -3.81. The fourth-order valence-corrected chi connectivity index (χ4v) is 4.08. The Morgan fingerprint density at radius 1 is 0.967 bits per heavy atom. The van der Waals surface area contributed by atoms with E-state index in [-0.39, 0.29) is 5.69 Å². The number of hydrogen-bond acceptors (Lipinski definition) is 4. The maximum absolute atomic E-state index is 13.3. The van der Waals surface area contributed by atoms with Crippen molar-refractivity contribution in [3.05, 3.63) is 84.7 Å². The van der Waals surface area contributed by atoms with E-state index in [1.807, 2.05) is 18.2 Å². The first-order valence-electron chi connectivity index (χ1n) is 9.13. The Hall–Kier alpha value is -3.39. The van der Waals surface area contributed by atoms with Crippen LogP contribution in [0.4, 0.5) is 15.8 Å². The number of sulfonamides is 1. The quantitative estimate of drug-likeness (QED) is 0.605. The van der Waals surface area contributed by atoms with Crippen LogP contribution in [0.15, 0.2) is 78.9 Å². The third kappa shape index (κ3) is 5.15. The fraction of sp³-hybridized carbons (Fsp3) is 0.136. The van der Waals surface area contributed by atoms with Gasteiger partial charge in [-0.2, -0.15) is 0 Å². The summed E-state index contributed by atoms with van der Waals surface area (Å²) in [5.74, 6) is -0.0570. The highest BCUT2D eigenvalue weighted by molar-refractivity contribution is 7.92. The van der Waals surface area contributed by atoms with Gasteiger partial charge >= 0.3 is 0 Å². The molecular weight excluding hydrogens is 407 g/mol. The number of ether oxygens (including phenoxy) is 1. The molecule has 0 aliphatic heterocycles. The summed E-state index contributed by atoms with van der Waals surface area (Å²) < 4.78 is 44.7. The summed E-state index contributed by atoms with van der Waals surface area (Å²) in [6, 6.07) is 19.7. The highest BCUT2D eigenvalue weighted by Gasteiger charge is 2.29. The van der Waals surface area contributed by atoms with E-state index in [9.17, 15) is 17.6 Å². The molecule has 30 heavy (non-hydrogen) atoms. The molecule has 0 saturated carbocycles. The van der Waals surface area contributed by atoms with Crippen molar-refractivity contribution in [2.75, 3.05) is 15.9 Å². The maximum Gasteiger partial charge on any atom is 0.248 e. The number of carbonyl (C=O) groups is 1. The van der Waals surface area contributed by atoms with Gasteiger partial charge < -0.3 is 10.1 Å².